The van der Waals surface area contributed by atoms with Gasteiger partial charge in [0, 0.05) is 31.2 Å². The van der Waals surface area contributed by atoms with Crippen molar-refractivity contribution in [2.24, 2.45) is 10.9 Å². The third-order valence-corrected chi connectivity index (χ3v) is 5.29. The number of hydrogen-bond donors (Lipinski definition) is 2. The molecule has 30 heavy (non-hydrogen) atoms. The fourth-order valence-electron chi connectivity index (χ4n) is 3.38. The van der Waals surface area contributed by atoms with Crippen molar-refractivity contribution in [1.29, 1.82) is 0 Å². The third-order valence-electron chi connectivity index (χ3n) is 5.29. The van der Waals surface area contributed by atoms with Crippen LogP contribution in [0.25, 0.3) is 0 Å². The lowest BCUT2D eigenvalue weighted by Crippen LogP contribution is -2.48. The Morgan fingerprint density at radius 1 is 1.23 bits per heavy atom. The first-order valence-electron chi connectivity index (χ1n) is 11.1. The number of hydrogen-bond acceptors (Lipinski definition) is 4. The van der Waals surface area contributed by atoms with Crippen LogP contribution in [0.15, 0.2) is 29.3 Å². The Morgan fingerprint density at radius 3 is 2.60 bits per heavy atom. The second kappa shape index (κ2) is 12.2. The minimum absolute atomic E-state index is 0.0499. The van der Waals surface area contributed by atoms with Crippen molar-refractivity contribution in [1.82, 2.24) is 15.5 Å². The smallest absolute Gasteiger partial charge is 0.310 e. The van der Waals surface area contributed by atoms with Gasteiger partial charge in [0.15, 0.2) is 5.96 Å². The summed E-state index contributed by atoms with van der Waals surface area (Å²) in [7, 11) is 0. The Bertz CT molecular complexity index is 718. The number of guanidine groups is 1. The van der Waals surface area contributed by atoms with E-state index >= 15 is 0 Å². The molecule has 0 aromatic heterocycles. The molecule has 1 amide bonds. The first-order valence-corrected chi connectivity index (χ1v) is 11.1. The van der Waals surface area contributed by atoms with Crippen LogP contribution in [-0.2, 0) is 16.1 Å². The summed E-state index contributed by atoms with van der Waals surface area (Å²) >= 11 is 0. The molecule has 7 heteroatoms. The molecule has 2 unspecified atom stereocenters. The van der Waals surface area contributed by atoms with Gasteiger partial charge in [0.1, 0.15) is 0 Å². The highest BCUT2D eigenvalue weighted by atomic mass is 16.5. The zero-order chi connectivity index (χ0) is 21.9. The molecule has 2 N–H and O–H groups in total. The van der Waals surface area contributed by atoms with E-state index in [1.165, 1.54) is 0 Å². The Labute approximate surface area is 180 Å². The largest absolute Gasteiger partial charge is 0.466 e. The van der Waals surface area contributed by atoms with Crippen LogP contribution in [0, 0.1) is 5.92 Å². The molecule has 0 aliphatic carbocycles. The minimum Gasteiger partial charge on any atom is -0.466 e. The summed E-state index contributed by atoms with van der Waals surface area (Å²) in [5, 5.41) is 6.31. The van der Waals surface area contributed by atoms with Crippen molar-refractivity contribution in [2.45, 2.75) is 59.5 Å². The predicted octanol–water partition coefficient (Wildman–Crippen LogP) is 2.96. The van der Waals surface area contributed by atoms with Gasteiger partial charge in [-0.3, -0.25) is 9.59 Å². The number of rotatable bonds is 8. The van der Waals surface area contributed by atoms with Crippen molar-refractivity contribution in [3.8, 4) is 0 Å². The van der Waals surface area contributed by atoms with Gasteiger partial charge in [0.05, 0.1) is 19.1 Å². The summed E-state index contributed by atoms with van der Waals surface area (Å²) in [6.07, 6.45) is 2.70. The summed E-state index contributed by atoms with van der Waals surface area (Å²) in [4.78, 5) is 31.3. The molecule has 2 atom stereocenters. The molecule has 1 aromatic rings. The SMILES string of the molecule is CCNC(=NCc1ccc(C(=O)NC(C)CC)cc1)N1CCCC(C(=O)OCC)C1. The maximum absolute atomic E-state index is 12.2. The number of aliphatic imine (C=N–C) groups is 1. The molecule has 166 valence electrons. The molecule has 1 fully saturated rings. The second-order valence-corrected chi connectivity index (χ2v) is 7.69. The molecule has 1 heterocycles. The first-order chi connectivity index (χ1) is 14.5. The van der Waals surface area contributed by atoms with Gasteiger partial charge in [-0.05, 0) is 57.7 Å². The van der Waals surface area contributed by atoms with E-state index < -0.39 is 0 Å². The van der Waals surface area contributed by atoms with Crippen LogP contribution in [0.2, 0.25) is 0 Å². The molecule has 1 aliphatic rings. The summed E-state index contributed by atoms with van der Waals surface area (Å²) in [5.74, 6) is 0.534. The number of piperidine rings is 1. The van der Waals surface area contributed by atoms with Gasteiger partial charge in [-0.2, -0.15) is 0 Å². The first kappa shape index (κ1) is 23.7. The van der Waals surface area contributed by atoms with Gasteiger partial charge in [0.25, 0.3) is 5.91 Å². The number of carbonyl (C=O) groups is 2. The molecule has 1 saturated heterocycles. The maximum atomic E-state index is 12.2. The normalized spacial score (nSPS) is 17.9. The van der Waals surface area contributed by atoms with Crippen LogP contribution < -0.4 is 10.6 Å². The summed E-state index contributed by atoms with van der Waals surface area (Å²) in [6, 6.07) is 7.72. The van der Waals surface area contributed by atoms with E-state index in [0.29, 0.717) is 25.3 Å². The highest BCUT2D eigenvalue weighted by Crippen LogP contribution is 2.18. The molecule has 0 spiro atoms. The summed E-state index contributed by atoms with van der Waals surface area (Å²) < 4.78 is 5.20. The Balaban J connectivity index is 2.01. The van der Waals surface area contributed by atoms with E-state index in [1.807, 2.05) is 52.0 Å². The van der Waals surface area contributed by atoms with Crippen LogP contribution in [-0.4, -0.2) is 55.0 Å². The molecule has 1 aliphatic heterocycles. The molecule has 0 radical (unpaired) electrons. The number of ether oxygens (including phenoxy) is 1. The van der Waals surface area contributed by atoms with Gasteiger partial charge in [-0.15, -0.1) is 0 Å². The monoisotopic (exact) mass is 416 g/mol. The Hall–Kier alpha value is -2.57. The van der Waals surface area contributed by atoms with Gasteiger partial charge in [-0.25, -0.2) is 4.99 Å². The molecule has 1 aromatic carbocycles. The van der Waals surface area contributed by atoms with Crippen molar-refractivity contribution in [3.63, 3.8) is 0 Å². The van der Waals surface area contributed by atoms with Gasteiger partial charge < -0.3 is 20.3 Å². The lowest BCUT2D eigenvalue weighted by Gasteiger charge is -2.34. The number of carbonyl (C=O) groups excluding carboxylic acids is 2. The zero-order valence-corrected chi connectivity index (χ0v) is 18.7. The van der Waals surface area contributed by atoms with E-state index in [0.717, 1.165) is 43.9 Å². The number of amides is 1. The minimum atomic E-state index is -0.121. The summed E-state index contributed by atoms with van der Waals surface area (Å²) in [6.45, 7) is 11.1. The van der Waals surface area contributed by atoms with Gasteiger partial charge >= 0.3 is 5.97 Å². The zero-order valence-electron chi connectivity index (χ0n) is 18.7. The van der Waals surface area contributed by atoms with Crippen molar-refractivity contribution >= 4 is 17.8 Å². The molecular weight excluding hydrogens is 380 g/mol. The van der Waals surface area contributed by atoms with Crippen LogP contribution in [0.3, 0.4) is 0 Å². The molecule has 2 rings (SSSR count). The second-order valence-electron chi connectivity index (χ2n) is 7.69. The van der Waals surface area contributed by atoms with Crippen molar-refractivity contribution in [3.05, 3.63) is 35.4 Å². The number of benzene rings is 1. The topological polar surface area (TPSA) is 83.0 Å². The van der Waals surface area contributed by atoms with E-state index in [2.05, 4.69) is 15.5 Å². The number of esters is 1. The van der Waals surface area contributed by atoms with Crippen LogP contribution in [0.4, 0.5) is 0 Å². The highest BCUT2D eigenvalue weighted by molar-refractivity contribution is 5.94. The number of likely N-dealkylation sites (tertiary alicyclic amines) is 1. The highest BCUT2D eigenvalue weighted by Gasteiger charge is 2.28. The predicted molar refractivity (Wildman–Crippen MR) is 119 cm³/mol. The molecular formula is C23H36N4O3. The van der Waals surface area contributed by atoms with Crippen LogP contribution >= 0.6 is 0 Å². The summed E-state index contributed by atoms with van der Waals surface area (Å²) in [5.41, 5.74) is 1.69. The number of nitrogens with one attached hydrogen (secondary N) is 2. The van der Waals surface area contributed by atoms with E-state index in [-0.39, 0.29) is 23.8 Å². The number of nitrogens with zero attached hydrogens (tertiary/aromatic N) is 2. The fourth-order valence-corrected chi connectivity index (χ4v) is 3.38. The average Bonchev–Trinajstić information content (AvgIpc) is 2.77. The lowest BCUT2D eigenvalue weighted by molar-refractivity contribution is -0.149. The quantitative estimate of drug-likeness (QED) is 0.387. The Kier molecular flexibility index (Phi) is 9.64. The van der Waals surface area contributed by atoms with E-state index in [1.54, 1.807) is 0 Å². The average molecular weight is 417 g/mol. The fraction of sp³-hybridized carbons (Fsp3) is 0.609. The third kappa shape index (κ3) is 7.04. The van der Waals surface area contributed by atoms with E-state index in [9.17, 15) is 9.59 Å². The van der Waals surface area contributed by atoms with Crippen molar-refractivity contribution < 1.29 is 14.3 Å². The maximum Gasteiger partial charge on any atom is 0.310 e. The van der Waals surface area contributed by atoms with Crippen LogP contribution in [0.5, 0.6) is 0 Å². The van der Waals surface area contributed by atoms with Crippen LogP contribution in [0.1, 0.15) is 62.9 Å². The Morgan fingerprint density at radius 2 is 1.97 bits per heavy atom. The standard InChI is InChI=1S/C23H36N4O3/c1-5-17(4)26-21(28)19-12-10-18(11-13-19)15-25-23(24-6-2)27-14-8-9-20(16-27)22(29)30-7-3/h10-13,17,20H,5-9,14-16H2,1-4H3,(H,24,25)(H,26,28). The van der Waals surface area contributed by atoms with Crippen molar-refractivity contribution in [2.75, 3.05) is 26.2 Å². The van der Waals surface area contributed by atoms with E-state index in [4.69, 9.17) is 9.73 Å². The van der Waals surface area contributed by atoms with Gasteiger partial charge in [0.2, 0.25) is 0 Å². The molecule has 7 nitrogen and oxygen atoms in total. The molecule has 0 bridgehead atoms. The lowest BCUT2D eigenvalue weighted by atomic mass is 9.98. The molecule has 0 saturated carbocycles. The van der Waals surface area contributed by atoms with Gasteiger partial charge in [-0.1, -0.05) is 19.1 Å².